The van der Waals surface area contributed by atoms with E-state index in [4.69, 9.17) is 0 Å². The molecule has 2 unspecified atom stereocenters. The van der Waals surface area contributed by atoms with Crippen molar-refractivity contribution in [2.45, 2.75) is 58.4 Å². The van der Waals surface area contributed by atoms with Crippen molar-refractivity contribution in [3.05, 3.63) is 35.4 Å². The second-order valence-electron chi connectivity index (χ2n) is 8.95. The van der Waals surface area contributed by atoms with Crippen LogP contribution in [0.15, 0.2) is 18.2 Å². The minimum atomic E-state index is -0.876. The highest BCUT2D eigenvalue weighted by Gasteiger charge is 2.37. The van der Waals surface area contributed by atoms with Crippen LogP contribution >= 0.6 is 0 Å². The van der Waals surface area contributed by atoms with E-state index in [1.54, 1.807) is 0 Å². The first-order chi connectivity index (χ1) is 15.3. The summed E-state index contributed by atoms with van der Waals surface area (Å²) in [5, 5.41) is 2.97. The van der Waals surface area contributed by atoms with E-state index >= 15 is 0 Å². The first-order valence-corrected chi connectivity index (χ1v) is 11.6. The van der Waals surface area contributed by atoms with Crippen LogP contribution in [0.1, 0.15) is 62.7 Å². The molecule has 2 saturated heterocycles. The molecule has 0 saturated carbocycles. The molecule has 2 atom stereocenters. The van der Waals surface area contributed by atoms with Gasteiger partial charge in [-0.15, -0.1) is 0 Å². The molecule has 0 bridgehead atoms. The molecule has 1 aromatic rings. The lowest BCUT2D eigenvalue weighted by Crippen LogP contribution is -2.52. The van der Waals surface area contributed by atoms with Crippen LogP contribution in [-0.4, -0.2) is 59.7 Å². The molecule has 2 heterocycles. The second kappa shape index (κ2) is 10.9. The molecule has 2 fully saturated rings. The topological polar surface area (TPSA) is 69.7 Å². The summed E-state index contributed by atoms with van der Waals surface area (Å²) in [4.78, 5) is 41.7. The number of nitrogens with one attached hydrogen (secondary N) is 1. The fourth-order valence-electron chi connectivity index (χ4n) is 4.56. The zero-order valence-electron chi connectivity index (χ0n) is 18.9. The molecule has 0 spiro atoms. The van der Waals surface area contributed by atoms with E-state index in [-0.39, 0.29) is 35.3 Å². The van der Waals surface area contributed by atoms with Crippen LogP contribution < -0.4 is 5.32 Å². The maximum absolute atomic E-state index is 14.0. The standard InChI is InChI=1S/C24H33F2N3O3/c1-3-4-11-27-22(30)18-6-5-16(2)29(15-18)23(31)17-9-12-28(13-10-17)24(32)20-8-7-19(25)14-21(20)26/h7-8,14,16-18H,3-6,9-13,15H2,1-2H3,(H,27,30). The van der Waals surface area contributed by atoms with E-state index in [1.165, 1.54) is 4.90 Å². The van der Waals surface area contributed by atoms with Gasteiger partial charge in [-0.05, 0) is 51.2 Å². The van der Waals surface area contributed by atoms with Gasteiger partial charge in [0.15, 0.2) is 0 Å². The number of amides is 3. The molecule has 0 aromatic heterocycles. The molecule has 3 amide bonds. The molecule has 3 rings (SSSR count). The van der Waals surface area contributed by atoms with Crippen LogP contribution in [0.3, 0.4) is 0 Å². The highest BCUT2D eigenvalue weighted by Crippen LogP contribution is 2.28. The number of hydrogen-bond acceptors (Lipinski definition) is 3. The van der Waals surface area contributed by atoms with Crippen molar-refractivity contribution in [3.63, 3.8) is 0 Å². The Bertz CT molecular complexity index is 840. The van der Waals surface area contributed by atoms with Crippen molar-refractivity contribution in [1.82, 2.24) is 15.1 Å². The van der Waals surface area contributed by atoms with Crippen molar-refractivity contribution >= 4 is 17.7 Å². The summed E-state index contributed by atoms with van der Waals surface area (Å²) in [7, 11) is 0. The van der Waals surface area contributed by atoms with Crippen LogP contribution in [0.4, 0.5) is 8.78 Å². The highest BCUT2D eigenvalue weighted by molar-refractivity contribution is 5.94. The fraction of sp³-hybridized carbons (Fsp3) is 0.625. The number of unbranched alkanes of at least 4 members (excludes halogenated alkanes) is 1. The Balaban J connectivity index is 1.55. The molecule has 2 aliphatic rings. The zero-order chi connectivity index (χ0) is 23.3. The molecule has 0 aliphatic carbocycles. The van der Waals surface area contributed by atoms with E-state index in [9.17, 15) is 23.2 Å². The number of carbonyl (C=O) groups is 3. The molecule has 32 heavy (non-hydrogen) atoms. The number of hydrogen-bond donors (Lipinski definition) is 1. The minimum absolute atomic E-state index is 0.0184. The number of carbonyl (C=O) groups excluding carboxylic acids is 3. The Morgan fingerprint density at radius 3 is 2.44 bits per heavy atom. The Kier molecular flexibility index (Phi) is 8.21. The van der Waals surface area contributed by atoms with Crippen LogP contribution in [0.5, 0.6) is 0 Å². The summed E-state index contributed by atoms with van der Waals surface area (Å²) in [5.74, 6) is -2.44. The van der Waals surface area contributed by atoms with Crippen LogP contribution in [0, 0.1) is 23.5 Å². The summed E-state index contributed by atoms with van der Waals surface area (Å²) in [6, 6.07) is 3.01. The molecular weight excluding hydrogens is 416 g/mol. The van der Waals surface area contributed by atoms with Gasteiger partial charge in [0.1, 0.15) is 11.6 Å². The predicted octanol–water partition coefficient (Wildman–Crippen LogP) is 3.36. The lowest BCUT2D eigenvalue weighted by atomic mass is 9.89. The number of piperidine rings is 2. The molecule has 1 aromatic carbocycles. The van der Waals surface area contributed by atoms with Crippen molar-refractivity contribution in [2.75, 3.05) is 26.2 Å². The molecular formula is C24H33F2N3O3. The second-order valence-corrected chi connectivity index (χ2v) is 8.95. The van der Waals surface area contributed by atoms with Gasteiger partial charge in [0, 0.05) is 44.2 Å². The number of rotatable bonds is 6. The van der Waals surface area contributed by atoms with E-state index in [0.717, 1.165) is 37.8 Å². The van der Waals surface area contributed by atoms with Gasteiger partial charge in [0.25, 0.3) is 5.91 Å². The fourth-order valence-corrected chi connectivity index (χ4v) is 4.56. The van der Waals surface area contributed by atoms with E-state index in [2.05, 4.69) is 12.2 Å². The Morgan fingerprint density at radius 2 is 1.78 bits per heavy atom. The first-order valence-electron chi connectivity index (χ1n) is 11.6. The van der Waals surface area contributed by atoms with Gasteiger partial charge in [0.05, 0.1) is 11.5 Å². The summed E-state index contributed by atoms with van der Waals surface area (Å²) in [6.45, 7) is 5.86. The molecule has 1 N–H and O–H groups in total. The molecule has 176 valence electrons. The predicted molar refractivity (Wildman–Crippen MR) is 117 cm³/mol. The minimum Gasteiger partial charge on any atom is -0.356 e. The number of likely N-dealkylation sites (tertiary alicyclic amines) is 2. The normalized spacial score (nSPS) is 22.0. The monoisotopic (exact) mass is 449 g/mol. The van der Waals surface area contributed by atoms with Gasteiger partial charge in [0.2, 0.25) is 11.8 Å². The summed E-state index contributed by atoms with van der Waals surface area (Å²) in [5.41, 5.74) is -0.155. The largest absolute Gasteiger partial charge is 0.356 e. The number of halogens is 2. The first kappa shape index (κ1) is 24.1. The van der Waals surface area contributed by atoms with E-state index in [1.807, 2.05) is 11.8 Å². The molecule has 8 heteroatoms. The summed E-state index contributed by atoms with van der Waals surface area (Å²) < 4.78 is 27.1. The third kappa shape index (κ3) is 5.64. The summed E-state index contributed by atoms with van der Waals surface area (Å²) in [6.07, 6.45) is 4.50. The van der Waals surface area contributed by atoms with E-state index in [0.29, 0.717) is 45.1 Å². The van der Waals surface area contributed by atoms with E-state index < -0.39 is 17.5 Å². The maximum Gasteiger partial charge on any atom is 0.256 e. The number of benzene rings is 1. The van der Waals surface area contributed by atoms with Crippen LogP contribution in [-0.2, 0) is 9.59 Å². The zero-order valence-corrected chi connectivity index (χ0v) is 18.9. The third-order valence-electron chi connectivity index (χ3n) is 6.66. The third-order valence-corrected chi connectivity index (χ3v) is 6.66. The van der Waals surface area contributed by atoms with Gasteiger partial charge < -0.3 is 15.1 Å². The van der Waals surface area contributed by atoms with Gasteiger partial charge in [-0.3, -0.25) is 14.4 Å². The van der Waals surface area contributed by atoms with Crippen molar-refractivity contribution in [3.8, 4) is 0 Å². The van der Waals surface area contributed by atoms with Gasteiger partial charge in [-0.25, -0.2) is 8.78 Å². The van der Waals surface area contributed by atoms with Gasteiger partial charge in [-0.2, -0.15) is 0 Å². The van der Waals surface area contributed by atoms with Crippen molar-refractivity contribution < 1.29 is 23.2 Å². The van der Waals surface area contributed by atoms with Gasteiger partial charge >= 0.3 is 0 Å². The lowest BCUT2D eigenvalue weighted by Gasteiger charge is -2.41. The average Bonchev–Trinajstić information content (AvgIpc) is 2.79. The highest BCUT2D eigenvalue weighted by atomic mass is 19.1. The molecule has 6 nitrogen and oxygen atoms in total. The quantitative estimate of drug-likeness (QED) is 0.677. The van der Waals surface area contributed by atoms with Gasteiger partial charge in [-0.1, -0.05) is 13.3 Å². The summed E-state index contributed by atoms with van der Waals surface area (Å²) >= 11 is 0. The van der Waals surface area contributed by atoms with Crippen LogP contribution in [0.2, 0.25) is 0 Å². The smallest absolute Gasteiger partial charge is 0.256 e. The van der Waals surface area contributed by atoms with Crippen molar-refractivity contribution in [1.29, 1.82) is 0 Å². The maximum atomic E-state index is 14.0. The number of nitrogens with zero attached hydrogens (tertiary/aromatic N) is 2. The lowest BCUT2D eigenvalue weighted by molar-refractivity contribution is -0.143. The van der Waals surface area contributed by atoms with Crippen LogP contribution in [0.25, 0.3) is 0 Å². The Morgan fingerprint density at radius 1 is 1.06 bits per heavy atom. The Labute approximate surface area is 188 Å². The average molecular weight is 450 g/mol. The molecule has 2 aliphatic heterocycles. The molecule has 0 radical (unpaired) electrons. The Hall–Kier alpha value is -2.51. The van der Waals surface area contributed by atoms with Crippen molar-refractivity contribution in [2.24, 2.45) is 11.8 Å². The SMILES string of the molecule is CCCCNC(=O)C1CCC(C)N(C(=O)C2CCN(C(=O)c3ccc(F)cc3F)CC2)C1.